The Bertz CT molecular complexity index is 2440. The molecule has 3 heteroatoms. The minimum atomic E-state index is -2.82. The molecule has 9 aromatic rings. The highest BCUT2D eigenvalue weighted by atomic mass is 32.1. The lowest BCUT2D eigenvalue weighted by atomic mass is 10.1. The van der Waals surface area contributed by atoms with Crippen LogP contribution >= 0.6 is 11.3 Å². The largest absolute Gasteiger partial charge is 0.309 e. The van der Waals surface area contributed by atoms with Crippen LogP contribution in [0.5, 0.6) is 0 Å². The second-order valence-electron chi connectivity index (χ2n) is 11.7. The summed E-state index contributed by atoms with van der Waals surface area (Å²) in [5.74, 6) is 0. The molecule has 0 unspecified atom stereocenters. The molecule has 0 N–H and O–H groups in total. The Morgan fingerprint density at radius 1 is 0.400 bits per heavy atom. The van der Waals surface area contributed by atoms with E-state index < -0.39 is 8.07 Å². The standard InChI is InChI=1S/C42H29NSSi/c1-4-15-30(16-5-1)43-37-23-12-10-21-34(37)36-29-33(27-28-38(36)43)45(31-17-6-2-7-18-31,32-19-8-3-9-20-32)41-26-14-25-40-42(41)35-22-11-13-24-39(35)44-40/h1-29H. The summed E-state index contributed by atoms with van der Waals surface area (Å²) in [6, 6.07) is 65.4. The highest BCUT2D eigenvalue weighted by molar-refractivity contribution is 7.27. The predicted molar refractivity (Wildman–Crippen MR) is 197 cm³/mol. The first-order valence-electron chi connectivity index (χ1n) is 15.4. The van der Waals surface area contributed by atoms with Crippen LogP contribution in [0.1, 0.15) is 0 Å². The maximum Gasteiger partial charge on any atom is 0.180 e. The fourth-order valence-corrected chi connectivity index (χ4v) is 13.7. The summed E-state index contributed by atoms with van der Waals surface area (Å²) in [7, 11) is -2.82. The Hall–Kier alpha value is -5.22. The molecule has 0 saturated heterocycles. The van der Waals surface area contributed by atoms with Crippen molar-refractivity contribution in [1.29, 1.82) is 0 Å². The van der Waals surface area contributed by atoms with E-state index in [1.807, 2.05) is 11.3 Å². The fourth-order valence-electron chi connectivity index (χ4n) is 7.49. The molecule has 0 amide bonds. The lowest BCUT2D eigenvalue weighted by Gasteiger charge is -2.35. The third-order valence-corrected chi connectivity index (χ3v) is 15.3. The Morgan fingerprint density at radius 3 is 1.71 bits per heavy atom. The number of benzene rings is 7. The summed E-state index contributed by atoms with van der Waals surface area (Å²) in [5, 5.41) is 10.9. The van der Waals surface area contributed by atoms with Gasteiger partial charge < -0.3 is 4.57 Å². The van der Waals surface area contributed by atoms with Gasteiger partial charge in [0.1, 0.15) is 0 Å². The third kappa shape index (κ3) is 3.91. The summed E-state index contributed by atoms with van der Waals surface area (Å²) < 4.78 is 5.10. The molecule has 0 aliphatic carbocycles. The van der Waals surface area contributed by atoms with Crippen molar-refractivity contribution in [2.24, 2.45) is 0 Å². The first-order valence-corrected chi connectivity index (χ1v) is 18.3. The Balaban J connectivity index is 1.46. The molecular formula is C42H29NSSi. The van der Waals surface area contributed by atoms with Crippen molar-refractivity contribution >= 4 is 82.1 Å². The molecule has 2 heterocycles. The number of aromatic nitrogens is 1. The molecule has 45 heavy (non-hydrogen) atoms. The topological polar surface area (TPSA) is 4.93 Å². The maximum absolute atomic E-state index is 2.82. The zero-order valence-corrected chi connectivity index (χ0v) is 26.4. The molecule has 0 bridgehead atoms. The number of rotatable bonds is 5. The highest BCUT2D eigenvalue weighted by Crippen LogP contribution is 2.35. The number of thiophene rings is 1. The summed E-state index contributed by atoms with van der Waals surface area (Å²) in [6.45, 7) is 0. The molecule has 0 aliphatic rings. The van der Waals surface area contributed by atoms with Gasteiger partial charge in [-0.05, 0) is 57.1 Å². The Kier molecular flexibility index (Phi) is 6.08. The zero-order chi connectivity index (χ0) is 29.8. The van der Waals surface area contributed by atoms with Crippen LogP contribution < -0.4 is 20.7 Å². The van der Waals surface area contributed by atoms with Crippen LogP contribution in [0.4, 0.5) is 0 Å². The average Bonchev–Trinajstić information content (AvgIpc) is 3.66. The SMILES string of the molecule is c1ccc(-n2c3ccccc3c3cc([Si](c4ccccc4)(c4ccccc4)c4cccc5sc6ccccc6c45)ccc32)cc1. The van der Waals surface area contributed by atoms with Gasteiger partial charge in [-0.1, -0.05) is 140 Å². The number of nitrogens with zero attached hydrogens (tertiary/aromatic N) is 1. The van der Waals surface area contributed by atoms with Crippen LogP contribution in [0, 0.1) is 0 Å². The summed E-state index contributed by atoms with van der Waals surface area (Å²) in [4.78, 5) is 0. The second-order valence-corrected chi connectivity index (χ2v) is 16.5. The van der Waals surface area contributed by atoms with Gasteiger partial charge in [0, 0.05) is 36.6 Å². The smallest absolute Gasteiger partial charge is 0.180 e. The molecule has 212 valence electrons. The van der Waals surface area contributed by atoms with E-state index in [1.165, 1.54) is 68.4 Å². The van der Waals surface area contributed by atoms with E-state index in [4.69, 9.17) is 0 Å². The highest BCUT2D eigenvalue weighted by Gasteiger charge is 2.43. The lowest BCUT2D eigenvalue weighted by Crippen LogP contribution is -2.74. The van der Waals surface area contributed by atoms with Crippen molar-refractivity contribution in [1.82, 2.24) is 4.57 Å². The van der Waals surface area contributed by atoms with Crippen LogP contribution in [-0.4, -0.2) is 12.6 Å². The molecule has 9 rings (SSSR count). The Morgan fingerprint density at radius 2 is 0.978 bits per heavy atom. The van der Waals surface area contributed by atoms with E-state index in [0.717, 1.165) is 0 Å². The van der Waals surface area contributed by atoms with E-state index in [0.29, 0.717) is 0 Å². The molecule has 2 aromatic heterocycles. The van der Waals surface area contributed by atoms with E-state index in [2.05, 4.69) is 180 Å². The van der Waals surface area contributed by atoms with Crippen molar-refractivity contribution in [3.63, 3.8) is 0 Å². The molecular weight excluding hydrogens is 579 g/mol. The molecule has 0 spiro atoms. The molecule has 7 aromatic carbocycles. The van der Waals surface area contributed by atoms with Gasteiger partial charge in [-0.15, -0.1) is 11.3 Å². The molecule has 0 radical (unpaired) electrons. The van der Waals surface area contributed by atoms with Gasteiger partial charge in [-0.3, -0.25) is 0 Å². The number of para-hydroxylation sites is 2. The molecule has 1 nitrogen and oxygen atoms in total. The number of hydrogen-bond acceptors (Lipinski definition) is 1. The van der Waals surface area contributed by atoms with Gasteiger partial charge in [0.15, 0.2) is 8.07 Å². The molecule has 0 atom stereocenters. The molecule has 0 fully saturated rings. The summed E-state index contributed by atoms with van der Waals surface area (Å²) in [5.41, 5.74) is 3.64. The van der Waals surface area contributed by atoms with Crippen molar-refractivity contribution in [3.05, 3.63) is 176 Å². The first-order chi connectivity index (χ1) is 22.3. The van der Waals surface area contributed by atoms with Crippen molar-refractivity contribution in [3.8, 4) is 5.69 Å². The molecule has 0 aliphatic heterocycles. The van der Waals surface area contributed by atoms with Crippen LogP contribution in [-0.2, 0) is 0 Å². The predicted octanol–water partition coefficient (Wildman–Crippen LogP) is 8.53. The van der Waals surface area contributed by atoms with E-state index >= 15 is 0 Å². The van der Waals surface area contributed by atoms with Crippen LogP contribution in [0.2, 0.25) is 0 Å². The van der Waals surface area contributed by atoms with Gasteiger partial charge in [-0.2, -0.15) is 0 Å². The van der Waals surface area contributed by atoms with Crippen molar-refractivity contribution in [2.45, 2.75) is 0 Å². The third-order valence-electron chi connectivity index (χ3n) is 9.34. The minimum Gasteiger partial charge on any atom is -0.309 e. The van der Waals surface area contributed by atoms with Crippen molar-refractivity contribution in [2.75, 3.05) is 0 Å². The molecule has 0 saturated carbocycles. The van der Waals surface area contributed by atoms with E-state index in [9.17, 15) is 0 Å². The van der Waals surface area contributed by atoms with Gasteiger partial charge in [0.2, 0.25) is 0 Å². The van der Waals surface area contributed by atoms with E-state index in [-0.39, 0.29) is 0 Å². The quantitative estimate of drug-likeness (QED) is 0.137. The zero-order valence-electron chi connectivity index (χ0n) is 24.6. The second kappa shape index (κ2) is 10.4. The maximum atomic E-state index is 2.52. The number of hydrogen-bond donors (Lipinski definition) is 0. The van der Waals surface area contributed by atoms with Crippen LogP contribution in [0.25, 0.3) is 47.7 Å². The van der Waals surface area contributed by atoms with Gasteiger partial charge in [0.25, 0.3) is 0 Å². The van der Waals surface area contributed by atoms with Crippen molar-refractivity contribution < 1.29 is 0 Å². The first kappa shape index (κ1) is 26.2. The van der Waals surface area contributed by atoms with Gasteiger partial charge in [0.05, 0.1) is 11.0 Å². The Labute approximate surface area is 267 Å². The lowest BCUT2D eigenvalue weighted by molar-refractivity contribution is 1.18. The van der Waals surface area contributed by atoms with E-state index in [1.54, 1.807) is 0 Å². The van der Waals surface area contributed by atoms with Crippen LogP contribution in [0.15, 0.2) is 176 Å². The average molecular weight is 608 g/mol. The normalized spacial score (nSPS) is 12.0. The fraction of sp³-hybridized carbons (Fsp3) is 0. The summed E-state index contributed by atoms with van der Waals surface area (Å²) >= 11 is 1.90. The minimum absolute atomic E-state index is 1.18. The van der Waals surface area contributed by atoms with Gasteiger partial charge in [-0.25, -0.2) is 0 Å². The monoisotopic (exact) mass is 607 g/mol. The van der Waals surface area contributed by atoms with Crippen LogP contribution in [0.3, 0.4) is 0 Å². The van der Waals surface area contributed by atoms with Gasteiger partial charge >= 0.3 is 0 Å². The number of fused-ring (bicyclic) bond motifs is 6. The summed E-state index contributed by atoms with van der Waals surface area (Å²) in [6.07, 6.45) is 0.